The van der Waals surface area contributed by atoms with Crippen molar-refractivity contribution in [3.8, 4) is 11.4 Å². The van der Waals surface area contributed by atoms with Gasteiger partial charge in [0.2, 0.25) is 0 Å². The van der Waals surface area contributed by atoms with Gasteiger partial charge in [-0.2, -0.15) is 9.78 Å². The Morgan fingerprint density at radius 2 is 1.71 bits per heavy atom. The van der Waals surface area contributed by atoms with Gasteiger partial charge in [0.15, 0.2) is 6.23 Å². The fraction of sp³-hybridized carbons (Fsp3) is 0.214. The zero-order valence-corrected chi connectivity index (χ0v) is 20.3. The van der Waals surface area contributed by atoms with E-state index in [-0.39, 0.29) is 5.56 Å². The first kappa shape index (κ1) is 22.7. The van der Waals surface area contributed by atoms with Gasteiger partial charge < -0.3 is 19.3 Å². The maximum atomic E-state index is 13.8. The fourth-order valence-electron chi connectivity index (χ4n) is 4.76. The lowest BCUT2D eigenvalue weighted by molar-refractivity contribution is 0.168. The van der Waals surface area contributed by atoms with Crippen molar-refractivity contribution in [3.05, 3.63) is 94.4 Å². The van der Waals surface area contributed by atoms with Crippen molar-refractivity contribution in [3.63, 3.8) is 0 Å². The predicted octanol–water partition coefficient (Wildman–Crippen LogP) is 4.71. The van der Waals surface area contributed by atoms with Crippen LogP contribution in [0.5, 0.6) is 5.75 Å². The summed E-state index contributed by atoms with van der Waals surface area (Å²) >= 11 is 0. The molecule has 0 radical (unpaired) electrons. The van der Waals surface area contributed by atoms with Crippen LogP contribution in [0, 0.1) is 6.92 Å². The van der Waals surface area contributed by atoms with Crippen LogP contribution in [0.2, 0.25) is 0 Å². The molecule has 178 valence electrons. The van der Waals surface area contributed by atoms with Gasteiger partial charge in [-0.3, -0.25) is 4.79 Å². The van der Waals surface area contributed by atoms with E-state index in [1.165, 1.54) is 4.68 Å². The summed E-state index contributed by atoms with van der Waals surface area (Å²) in [6, 6.07) is 23.0. The van der Waals surface area contributed by atoms with Crippen LogP contribution in [0.3, 0.4) is 0 Å². The summed E-state index contributed by atoms with van der Waals surface area (Å²) in [4.78, 5) is 15.7. The highest BCUT2D eigenvalue weighted by Crippen LogP contribution is 2.37. The van der Waals surface area contributed by atoms with E-state index in [1.54, 1.807) is 7.11 Å². The Hall–Kier alpha value is -4.10. The van der Waals surface area contributed by atoms with Crippen molar-refractivity contribution < 1.29 is 9.84 Å². The van der Waals surface area contributed by atoms with Gasteiger partial charge in [-0.15, -0.1) is 0 Å². The van der Waals surface area contributed by atoms with Crippen LogP contribution in [0.1, 0.15) is 24.4 Å². The molecule has 0 fully saturated rings. The average Bonchev–Trinajstić information content (AvgIpc) is 3.19. The third-order valence-electron chi connectivity index (χ3n) is 6.50. The third kappa shape index (κ3) is 3.65. The largest absolute Gasteiger partial charge is 0.495 e. The molecule has 0 amide bonds. The topological polar surface area (TPSA) is 72.5 Å². The summed E-state index contributed by atoms with van der Waals surface area (Å²) in [5.74, 6) is 0.651. The van der Waals surface area contributed by atoms with E-state index < -0.39 is 6.23 Å². The van der Waals surface area contributed by atoms with Crippen LogP contribution in [0.15, 0.2) is 77.6 Å². The van der Waals surface area contributed by atoms with E-state index in [2.05, 4.69) is 0 Å². The Labute approximate surface area is 203 Å². The maximum absolute atomic E-state index is 13.8. The molecule has 1 N–H and O–H groups in total. The van der Waals surface area contributed by atoms with E-state index in [4.69, 9.17) is 9.84 Å². The van der Waals surface area contributed by atoms with Crippen molar-refractivity contribution in [2.45, 2.75) is 20.1 Å². The number of rotatable bonds is 6. The smallest absolute Gasteiger partial charge is 0.296 e. The van der Waals surface area contributed by atoms with Gasteiger partial charge in [0.05, 0.1) is 18.3 Å². The summed E-state index contributed by atoms with van der Waals surface area (Å²) in [5.41, 5.74) is 3.96. The van der Waals surface area contributed by atoms with E-state index in [0.29, 0.717) is 34.6 Å². The SMILES string of the molecule is CCN(c1ccccc1)C(O)c1nn(-c2ccc(C)cc2)c(=O)c2c1c1cccc(OC)c1n2C. The van der Waals surface area contributed by atoms with Crippen molar-refractivity contribution in [2.24, 2.45) is 7.05 Å². The molecule has 1 unspecified atom stereocenters. The van der Waals surface area contributed by atoms with Crippen LogP contribution in [-0.4, -0.2) is 33.1 Å². The number of methoxy groups -OCH3 is 1. The minimum absolute atomic E-state index is 0.261. The van der Waals surface area contributed by atoms with Crippen LogP contribution >= 0.6 is 0 Å². The number of hydrogen-bond donors (Lipinski definition) is 1. The number of aliphatic hydroxyl groups is 1. The molecule has 1 atom stereocenters. The fourth-order valence-corrected chi connectivity index (χ4v) is 4.76. The number of benzene rings is 3. The second kappa shape index (κ2) is 8.92. The molecule has 0 aliphatic carbocycles. The normalized spacial score (nSPS) is 12.3. The molecule has 0 saturated heterocycles. The molecule has 7 heteroatoms. The van der Waals surface area contributed by atoms with Crippen molar-refractivity contribution in [1.82, 2.24) is 14.3 Å². The minimum atomic E-state index is -1.08. The monoisotopic (exact) mass is 468 g/mol. The quantitative estimate of drug-likeness (QED) is 0.366. The Morgan fingerprint density at radius 3 is 2.37 bits per heavy atom. The summed E-state index contributed by atoms with van der Waals surface area (Å²) in [5, 5.41) is 17.9. The summed E-state index contributed by atoms with van der Waals surface area (Å²) in [6.07, 6.45) is -1.08. The second-order valence-electron chi connectivity index (χ2n) is 8.57. The lowest BCUT2D eigenvalue weighted by atomic mass is 10.1. The lowest BCUT2D eigenvalue weighted by Crippen LogP contribution is -2.32. The van der Waals surface area contributed by atoms with Gasteiger partial charge in [0, 0.05) is 30.1 Å². The number of fused-ring (bicyclic) bond motifs is 3. The first-order valence-corrected chi connectivity index (χ1v) is 11.6. The van der Waals surface area contributed by atoms with E-state index in [1.807, 2.05) is 103 Å². The van der Waals surface area contributed by atoms with Crippen molar-refractivity contribution in [2.75, 3.05) is 18.6 Å². The number of aryl methyl sites for hydroxylation is 2. The van der Waals surface area contributed by atoms with Crippen LogP contribution in [0.4, 0.5) is 5.69 Å². The molecule has 0 bridgehead atoms. The molecule has 5 rings (SSSR count). The highest BCUT2D eigenvalue weighted by Gasteiger charge is 2.28. The maximum Gasteiger partial charge on any atom is 0.296 e. The van der Waals surface area contributed by atoms with E-state index >= 15 is 0 Å². The predicted molar refractivity (Wildman–Crippen MR) is 140 cm³/mol. The molecule has 35 heavy (non-hydrogen) atoms. The first-order valence-electron chi connectivity index (χ1n) is 11.6. The van der Waals surface area contributed by atoms with E-state index in [9.17, 15) is 9.90 Å². The number of aromatic nitrogens is 3. The van der Waals surface area contributed by atoms with Crippen LogP contribution < -0.4 is 15.2 Å². The summed E-state index contributed by atoms with van der Waals surface area (Å²) in [6.45, 7) is 4.52. The summed E-state index contributed by atoms with van der Waals surface area (Å²) < 4.78 is 8.84. The van der Waals surface area contributed by atoms with Crippen molar-refractivity contribution in [1.29, 1.82) is 0 Å². The molecule has 0 saturated carbocycles. The molecule has 7 nitrogen and oxygen atoms in total. The van der Waals surface area contributed by atoms with Gasteiger partial charge in [0.1, 0.15) is 17.0 Å². The van der Waals surface area contributed by atoms with Crippen molar-refractivity contribution >= 4 is 27.5 Å². The highest BCUT2D eigenvalue weighted by atomic mass is 16.5. The van der Waals surface area contributed by atoms with Gasteiger partial charge >= 0.3 is 0 Å². The molecule has 2 heterocycles. The molecule has 0 aliphatic heterocycles. The zero-order chi connectivity index (χ0) is 24.7. The summed E-state index contributed by atoms with van der Waals surface area (Å²) in [7, 11) is 3.46. The molecule has 0 spiro atoms. The van der Waals surface area contributed by atoms with Gasteiger partial charge in [0.25, 0.3) is 5.56 Å². The molecule has 0 aliphatic rings. The first-order chi connectivity index (χ1) is 17.0. The van der Waals surface area contributed by atoms with Crippen LogP contribution in [0.25, 0.3) is 27.5 Å². The molecule has 2 aromatic heterocycles. The van der Waals surface area contributed by atoms with E-state index in [0.717, 1.165) is 22.2 Å². The second-order valence-corrected chi connectivity index (χ2v) is 8.57. The third-order valence-corrected chi connectivity index (χ3v) is 6.50. The number of aliphatic hydroxyl groups excluding tert-OH is 1. The van der Waals surface area contributed by atoms with Gasteiger partial charge in [-0.05, 0) is 44.2 Å². The standard InChI is InChI=1S/C28H28N4O3/c1-5-31(19-10-7-6-8-11-19)27(33)24-23-21-12-9-13-22(35-4)25(21)30(3)26(23)28(34)32(29-24)20-16-14-18(2)15-17-20/h6-17,27,33H,5H2,1-4H3. The Bertz CT molecular complexity index is 1570. The molecular formula is C28H28N4O3. The molecule has 5 aromatic rings. The highest BCUT2D eigenvalue weighted by molar-refractivity contribution is 6.11. The average molecular weight is 469 g/mol. The van der Waals surface area contributed by atoms with Gasteiger partial charge in [-0.1, -0.05) is 48.0 Å². The Balaban J connectivity index is 1.88. The number of para-hydroxylation sites is 2. The number of ether oxygens (including phenoxy) is 1. The zero-order valence-electron chi connectivity index (χ0n) is 20.3. The Morgan fingerprint density at radius 1 is 1.00 bits per heavy atom. The number of anilines is 1. The Kier molecular flexibility index (Phi) is 5.78. The number of hydrogen-bond acceptors (Lipinski definition) is 5. The molecular weight excluding hydrogens is 440 g/mol. The lowest BCUT2D eigenvalue weighted by Gasteiger charge is -2.29. The number of nitrogens with zero attached hydrogens (tertiary/aromatic N) is 4. The molecule has 3 aromatic carbocycles. The van der Waals surface area contributed by atoms with Gasteiger partial charge in [-0.25, -0.2) is 0 Å². The minimum Gasteiger partial charge on any atom is -0.495 e. The van der Waals surface area contributed by atoms with Crippen LogP contribution in [-0.2, 0) is 7.05 Å².